The van der Waals surface area contributed by atoms with Gasteiger partial charge < -0.3 is 10.1 Å². The number of nitrogens with zero attached hydrogens (tertiary/aromatic N) is 2. The van der Waals surface area contributed by atoms with Crippen LogP contribution < -0.4 is 10.1 Å². The number of hydrogen-bond acceptors (Lipinski definition) is 5. The Kier molecular flexibility index (Phi) is 5.86. The van der Waals surface area contributed by atoms with E-state index in [1.54, 1.807) is 30.6 Å². The van der Waals surface area contributed by atoms with Crippen molar-refractivity contribution < 1.29 is 9.53 Å². The van der Waals surface area contributed by atoms with Crippen LogP contribution in [0.4, 0.5) is 0 Å². The number of pyridine rings is 1. The Morgan fingerprint density at radius 3 is 2.92 bits per heavy atom. The molecule has 0 aliphatic heterocycles. The molecule has 0 unspecified atom stereocenters. The molecule has 128 valence electrons. The van der Waals surface area contributed by atoms with Gasteiger partial charge in [-0.1, -0.05) is 23.2 Å². The molecule has 0 bridgehead atoms. The summed E-state index contributed by atoms with van der Waals surface area (Å²) in [5, 5.41) is 6.40. The molecule has 0 aliphatic rings. The summed E-state index contributed by atoms with van der Waals surface area (Å²) in [6.07, 6.45) is 3.47. The molecule has 1 amide bonds. The largest absolute Gasteiger partial charge is 0.482 e. The topological polar surface area (TPSA) is 64.1 Å². The molecule has 5 nitrogen and oxygen atoms in total. The third-order valence-electron chi connectivity index (χ3n) is 3.18. The van der Waals surface area contributed by atoms with Crippen molar-refractivity contribution >= 4 is 40.4 Å². The van der Waals surface area contributed by atoms with E-state index in [4.69, 9.17) is 27.9 Å². The van der Waals surface area contributed by atoms with Gasteiger partial charge in [-0.2, -0.15) is 0 Å². The second kappa shape index (κ2) is 8.29. The molecule has 2 heterocycles. The van der Waals surface area contributed by atoms with Gasteiger partial charge in [0.05, 0.1) is 17.3 Å². The number of benzene rings is 1. The van der Waals surface area contributed by atoms with Crippen molar-refractivity contribution in [2.45, 2.75) is 6.54 Å². The lowest BCUT2D eigenvalue weighted by molar-refractivity contribution is -0.123. The number of halogens is 2. The van der Waals surface area contributed by atoms with E-state index in [-0.39, 0.29) is 12.5 Å². The van der Waals surface area contributed by atoms with Gasteiger partial charge in [-0.3, -0.25) is 9.78 Å². The van der Waals surface area contributed by atoms with E-state index in [1.807, 2.05) is 17.5 Å². The second-order valence-electron chi connectivity index (χ2n) is 5.03. The van der Waals surface area contributed by atoms with Crippen LogP contribution in [-0.2, 0) is 11.3 Å². The SMILES string of the molecule is O=C(COc1ccc(Cl)cc1Cl)NCc1csc(-c2cccnc2)n1. The molecule has 0 radical (unpaired) electrons. The van der Waals surface area contributed by atoms with Crippen molar-refractivity contribution in [3.05, 3.63) is 63.8 Å². The highest BCUT2D eigenvalue weighted by Gasteiger charge is 2.09. The van der Waals surface area contributed by atoms with Crippen LogP contribution in [0.25, 0.3) is 10.6 Å². The van der Waals surface area contributed by atoms with E-state index >= 15 is 0 Å². The minimum Gasteiger partial charge on any atom is -0.482 e. The van der Waals surface area contributed by atoms with Gasteiger partial charge in [-0.25, -0.2) is 4.98 Å². The summed E-state index contributed by atoms with van der Waals surface area (Å²) in [6, 6.07) is 8.63. The molecule has 3 aromatic rings. The lowest BCUT2D eigenvalue weighted by Gasteiger charge is -2.08. The quantitative estimate of drug-likeness (QED) is 0.681. The Labute approximate surface area is 158 Å². The molecule has 2 aromatic heterocycles. The van der Waals surface area contributed by atoms with Gasteiger partial charge in [0.2, 0.25) is 0 Å². The average molecular weight is 394 g/mol. The zero-order valence-corrected chi connectivity index (χ0v) is 15.2. The first-order valence-electron chi connectivity index (χ1n) is 7.31. The summed E-state index contributed by atoms with van der Waals surface area (Å²) in [5.41, 5.74) is 1.73. The third kappa shape index (κ3) is 4.92. The molecule has 1 aromatic carbocycles. The van der Waals surface area contributed by atoms with E-state index in [0.717, 1.165) is 16.3 Å². The highest BCUT2D eigenvalue weighted by Crippen LogP contribution is 2.27. The van der Waals surface area contributed by atoms with Gasteiger partial charge >= 0.3 is 0 Å². The number of ether oxygens (including phenoxy) is 1. The Balaban J connectivity index is 1.50. The van der Waals surface area contributed by atoms with Crippen LogP contribution in [0.15, 0.2) is 48.1 Å². The van der Waals surface area contributed by atoms with Crippen molar-refractivity contribution in [2.24, 2.45) is 0 Å². The van der Waals surface area contributed by atoms with E-state index in [9.17, 15) is 4.79 Å². The van der Waals surface area contributed by atoms with E-state index in [1.165, 1.54) is 11.3 Å². The van der Waals surface area contributed by atoms with Crippen LogP contribution in [0.5, 0.6) is 5.75 Å². The van der Waals surface area contributed by atoms with Crippen LogP contribution in [0, 0.1) is 0 Å². The van der Waals surface area contributed by atoms with Gasteiger partial charge in [-0.15, -0.1) is 11.3 Å². The van der Waals surface area contributed by atoms with Crippen molar-refractivity contribution in [3.8, 4) is 16.3 Å². The van der Waals surface area contributed by atoms with Gasteiger partial charge in [0, 0.05) is 28.4 Å². The molecule has 0 spiro atoms. The highest BCUT2D eigenvalue weighted by molar-refractivity contribution is 7.13. The van der Waals surface area contributed by atoms with Gasteiger partial charge in [0.1, 0.15) is 10.8 Å². The number of rotatable bonds is 6. The lowest BCUT2D eigenvalue weighted by Crippen LogP contribution is -2.28. The fraction of sp³-hybridized carbons (Fsp3) is 0.118. The normalized spacial score (nSPS) is 10.5. The summed E-state index contributed by atoms with van der Waals surface area (Å²) in [5.74, 6) is 0.149. The fourth-order valence-electron chi connectivity index (χ4n) is 1.99. The van der Waals surface area contributed by atoms with E-state index in [0.29, 0.717) is 22.3 Å². The predicted molar refractivity (Wildman–Crippen MR) is 99.1 cm³/mol. The molecular weight excluding hydrogens is 381 g/mol. The molecule has 8 heteroatoms. The maximum absolute atomic E-state index is 11.9. The summed E-state index contributed by atoms with van der Waals surface area (Å²) in [4.78, 5) is 20.5. The van der Waals surface area contributed by atoms with Crippen LogP contribution in [0.2, 0.25) is 10.0 Å². The van der Waals surface area contributed by atoms with Crippen LogP contribution in [0.3, 0.4) is 0 Å². The van der Waals surface area contributed by atoms with Crippen LogP contribution in [-0.4, -0.2) is 22.5 Å². The molecule has 0 saturated heterocycles. The third-order valence-corrected chi connectivity index (χ3v) is 4.65. The smallest absolute Gasteiger partial charge is 0.258 e. The standard InChI is InChI=1S/C17H13Cl2N3O2S/c18-12-3-4-15(14(19)6-12)24-9-16(23)21-8-13-10-25-17(22-13)11-2-1-5-20-7-11/h1-7,10H,8-9H2,(H,21,23). The first-order chi connectivity index (χ1) is 12.1. The first-order valence-corrected chi connectivity index (χ1v) is 8.95. The van der Waals surface area contributed by atoms with Gasteiger partial charge in [0.25, 0.3) is 5.91 Å². The highest BCUT2D eigenvalue weighted by atomic mass is 35.5. The minimum atomic E-state index is -0.262. The number of carbonyl (C=O) groups excluding carboxylic acids is 1. The van der Waals surface area contributed by atoms with E-state index in [2.05, 4.69) is 15.3 Å². The molecule has 1 N–H and O–H groups in total. The molecule has 0 saturated carbocycles. The Morgan fingerprint density at radius 1 is 1.28 bits per heavy atom. The van der Waals surface area contributed by atoms with Gasteiger partial charge in [0.15, 0.2) is 6.61 Å². The lowest BCUT2D eigenvalue weighted by atomic mass is 10.3. The Hall–Kier alpha value is -2.15. The summed E-state index contributed by atoms with van der Waals surface area (Å²) in [7, 11) is 0. The predicted octanol–water partition coefficient (Wildman–Crippen LogP) is 4.21. The number of amides is 1. The van der Waals surface area contributed by atoms with Gasteiger partial charge in [-0.05, 0) is 30.3 Å². The van der Waals surface area contributed by atoms with Crippen molar-refractivity contribution in [1.29, 1.82) is 0 Å². The molecule has 0 fully saturated rings. The Bertz CT molecular complexity index is 871. The van der Waals surface area contributed by atoms with Crippen molar-refractivity contribution in [1.82, 2.24) is 15.3 Å². The summed E-state index contributed by atoms with van der Waals surface area (Å²) in [6.45, 7) is 0.189. The van der Waals surface area contributed by atoms with Crippen molar-refractivity contribution in [3.63, 3.8) is 0 Å². The monoisotopic (exact) mass is 393 g/mol. The molecule has 0 atom stereocenters. The van der Waals surface area contributed by atoms with Crippen molar-refractivity contribution in [2.75, 3.05) is 6.61 Å². The number of thiazole rings is 1. The maximum atomic E-state index is 11.9. The molecule has 0 aliphatic carbocycles. The Morgan fingerprint density at radius 2 is 2.16 bits per heavy atom. The van der Waals surface area contributed by atoms with Crippen LogP contribution in [0.1, 0.15) is 5.69 Å². The average Bonchev–Trinajstić information content (AvgIpc) is 3.09. The number of aromatic nitrogens is 2. The zero-order valence-electron chi connectivity index (χ0n) is 12.9. The second-order valence-corrected chi connectivity index (χ2v) is 6.73. The first kappa shape index (κ1) is 17.7. The minimum absolute atomic E-state index is 0.138. The summed E-state index contributed by atoms with van der Waals surface area (Å²) < 4.78 is 5.39. The van der Waals surface area contributed by atoms with E-state index < -0.39 is 0 Å². The molecule has 25 heavy (non-hydrogen) atoms. The number of hydrogen-bond donors (Lipinski definition) is 1. The summed E-state index contributed by atoms with van der Waals surface area (Å²) >= 11 is 13.3. The maximum Gasteiger partial charge on any atom is 0.258 e. The number of nitrogens with one attached hydrogen (secondary N) is 1. The zero-order chi connectivity index (χ0) is 17.6. The molecular formula is C17H13Cl2N3O2S. The fourth-order valence-corrected chi connectivity index (χ4v) is 3.26. The van der Waals surface area contributed by atoms with Crippen LogP contribution >= 0.6 is 34.5 Å². The number of carbonyl (C=O) groups is 1. The molecule has 3 rings (SSSR count).